The Morgan fingerprint density at radius 2 is 1.60 bits per heavy atom. The second-order valence-electron chi connectivity index (χ2n) is 5.54. The zero-order valence-corrected chi connectivity index (χ0v) is 14.4. The minimum Gasteiger partial charge on any atom is -0.493 e. The predicted molar refractivity (Wildman–Crippen MR) is 93.6 cm³/mol. The molecule has 130 valence electrons. The number of methoxy groups -OCH3 is 2. The lowest BCUT2D eigenvalue weighted by Gasteiger charge is -2.09. The van der Waals surface area contributed by atoms with Gasteiger partial charge in [-0.2, -0.15) is 0 Å². The third-order valence-electron chi connectivity index (χ3n) is 3.76. The summed E-state index contributed by atoms with van der Waals surface area (Å²) in [4.78, 5) is 0. The van der Waals surface area contributed by atoms with E-state index in [1.807, 2.05) is 48.5 Å². The molecule has 0 atom stereocenters. The molecule has 0 amide bonds. The Morgan fingerprint density at radius 1 is 0.840 bits per heavy atom. The van der Waals surface area contributed by atoms with Gasteiger partial charge in [0.2, 0.25) is 11.8 Å². The van der Waals surface area contributed by atoms with E-state index in [1.54, 1.807) is 14.2 Å². The Bertz CT molecular complexity index is 803. The van der Waals surface area contributed by atoms with Crippen LogP contribution in [-0.2, 0) is 19.5 Å². The van der Waals surface area contributed by atoms with Gasteiger partial charge in [0.15, 0.2) is 11.5 Å². The Labute approximate surface area is 146 Å². The summed E-state index contributed by atoms with van der Waals surface area (Å²) in [5.74, 6) is 2.62. The van der Waals surface area contributed by atoms with E-state index in [0.717, 1.165) is 11.1 Å². The maximum Gasteiger partial charge on any atom is 0.230 e. The normalized spacial score (nSPS) is 10.6. The summed E-state index contributed by atoms with van der Waals surface area (Å²) < 4.78 is 16.2. The molecular weight excluding hydrogens is 318 g/mol. The molecule has 3 aromatic rings. The van der Waals surface area contributed by atoms with Crippen molar-refractivity contribution in [2.24, 2.45) is 0 Å². The second kappa shape index (κ2) is 8.30. The first-order chi connectivity index (χ1) is 12.3. The largest absolute Gasteiger partial charge is 0.493 e. The zero-order chi connectivity index (χ0) is 17.5. The monoisotopic (exact) mass is 339 g/mol. The molecule has 6 heteroatoms. The molecule has 0 bridgehead atoms. The van der Waals surface area contributed by atoms with Crippen LogP contribution in [-0.4, -0.2) is 24.4 Å². The summed E-state index contributed by atoms with van der Waals surface area (Å²) in [5.41, 5.74) is 2.23. The van der Waals surface area contributed by atoms with Crippen molar-refractivity contribution in [3.05, 3.63) is 71.4 Å². The third kappa shape index (κ3) is 4.58. The average Bonchev–Trinajstić information content (AvgIpc) is 3.09. The molecule has 0 unspecified atom stereocenters. The molecule has 0 saturated heterocycles. The summed E-state index contributed by atoms with van der Waals surface area (Å²) in [6.45, 7) is 1.17. The van der Waals surface area contributed by atoms with E-state index in [0.29, 0.717) is 42.8 Å². The molecule has 0 spiro atoms. The zero-order valence-electron chi connectivity index (χ0n) is 14.4. The van der Waals surface area contributed by atoms with Crippen LogP contribution in [0.5, 0.6) is 11.5 Å². The molecule has 1 N–H and O–H groups in total. The van der Waals surface area contributed by atoms with Crippen molar-refractivity contribution < 1.29 is 13.9 Å². The number of aromatic nitrogens is 2. The van der Waals surface area contributed by atoms with Crippen LogP contribution in [0.3, 0.4) is 0 Å². The number of benzene rings is 2. The van der Waals surface area contributed by atoms with Crippen molar-refractivity contribution in [3.63, 3.8) is 0 Å². The number of hydrogen-bond acceptors (Lipinski definition) is 6. The van der Waals surface area contributed by atoms with Gasteiger partial charge in [0.25, 0.3) is 0 Å². The van der Waals surface area contributed by atoms with Gasteiger partial charge in [-0.25, -0.2) is 0 Å². The second-order valence-corrected chi connectivity index (χ2v) is 5.54. The molecule has 0 aliphatic carbocycles. The van der Waals surface area contributed by atoms with Gasteiger partial charge in [0, 0.05) is 6.54 Å². The fraction of sp³-hybridized carbons (Fsp3) is 0.263. The molecule has 1 heterocycles. The van der Waals surface area contributed by atoms with E-state index in [-0.39, 0.29) is 0 Å². The van der Waals surface area contributed by atoms with E-state index in [4.69, 9.17) is 13.9 Å². The van der Waals surface area contributed by atoms with Gasteiger partial charge in [-0.3, -0.25) is 0 Å². The van der Waals surface area contributed by atoms with Crippen molar-refractivity contribution in [2.75, 3.05) is 14.2 Å². The molecule has 25 heavy (non-hydrogen) atoms. The van der Waals surface area contributed by atoms with Crippen molar-refractivity contribution in [3.8, 4) is 11.5 Å². The van der Waals surface area contributed by atoms with Gasteiger partial charge in [-0.1, -0.05) is 36.4 Å². The molecular formula is C19H21N3O3. The number of nitrogens with zero attached hydrogens (tertiary/aromatic N) is 2. The third-order valence-corrected chi connectivity index (χ3v) is 3.76. The first-order valence-corrected chi connectivity index (χ1v) is 8.05. The highest BCUT2D eigenvalue weighted by atomic mass is 16.5. The topological polar surface area (TPSA) is 69.4 Å². The van der Waals surface area contributed by atoms with Gasteiger partial charge in [0.1, 0.15) is 0 Å². The molecule has 3 rings (SSSR count). The highest BCUT2D eigenvalue weighted by Crippen LogP contribution is 2.27. The summed E-state index contributed by atoms with van der Waals surface area (Å²) in [7, 11) is 3.25. The lowest BCUT2D eigenvalue weighted by molar-refractivity contribution is 0.354. The van der Waals surface area contributed by atoms with Crippen LogP contribution in [0.2, 0.25) is 0 Å². The van der Waals surface area contributed by atoms with E-state index >= 15 is 0 Å². The van der Waals surface area contributed by atoms with Gasteiger partial charge < -0.3 is 19.2 Å². The first-order valence-electron chi connectivity index (χ1n) is 8.05. The van der Waals surface area contributed by atoms with Crippen molar-refractivity contribution in [2.45, 2.75) is 19.5 Å². The minimum atomic E-state index is 0.510. The van der Waals surface area contributed by atoms with E-state index in [9.17, 15) is 0 Å². The maximum atomic E-state index is 5.68. The van der Waals surface area contributed by atoms with Crippen LogP contribution in [0.1, 0.15) is 22.9 Å². The number of rotatable bonds is 8. The van der Waals surface area contributed by atoms with Gasteiger partial charge in [-0.05, 0) is 23.3 Å². The van der Waals surface area contributed by atoms with Crippen LogP contribution in [0.4, 0.5) is 0 Å². The summed E-state index contributed by atoms with van der Waals surface area (Å²) in [5, 5.41) is 11.5. The van der Waals surface area contributed by atoms with Gasteiger partial charge in [-0.15, -0.1) is 10.2 Å². The maximum absolute atomic E-state index is 5.68. The van der Waals surface area contributed by atoms with E-state index in [2.05, 4.69) is 15.5 Å². The van der Waals surface area contributed by atoms with Crippen molar-refractivity contribution in [1.82, 2.24) is 15.5 Å². The lowest BCUT2D eigenvalue weighted by Crippen LogP contribution is -2.13. The molecule has 0 saturated carbocycles. The Kier molecular flexibility index (Phi) is 5.64. The summed E-state index contributed by atoms with van der Waals surface area (Å²) >= 11 is 0. The molecule has 6 nitrogen and oxygen atoms in total. The van der Waals surface area contributed by atoms with E-state index < -0.39 is 0 Å². The van der Waals surface area contributed by atoms with Crippen LogP contribution < -0.4 is 14.8 Å². The van der Waals surface area contributed by atoms with Crippen LogP contribution in [0.15, 0.2) is 52.9 Å². The highest BCUT2D eigenvalue weighted by Gasteiger charge is 2.08. The van der Waals surface area contributed by atoms with Crippen LogP contribution in [0.25, 0.3) is 0 Å². The molecule has 0 aliphatic heterocycles. The van der Waals surface area contributed by atoms with Crippen molar-refractivity contribution >= 4 is 0 Å². The van der Waals surface area contributed by atoms with E-state index in [1.165, 1.54) is 0 Å². The minimum absolute atomic E-state index is 0.510. The summed E-state index contributed by atoms with van der Waals surface area (Å²) in [6, 6.07) is 15.9. The quantitative estimate of drug-likeness (QED) is 0.680. The molecule has 0 aliphatic rings. The molecule has 0 fully saturated rings. The number of ether oxygens (including phenoxy) is 2. The van der Waals surface area contributed by atoms with Crippen LogP contribution in [0, 0.1) is 0 Å². The van der Waals surface area contributed by atoms with Gasteiger partial charge >= 0.3 is 0 Å². The van der Waals surface area contributed by atoms with Crippen LogP contribution >= 0.6 is 0 Å². The molecule has 0 radical (unpaired) electrons. The lowest BCUT2D eigenvalue weighted by atomic mass is 10.2. The Hall–Kier alpha value is -2.86. The highest BCUT2D eigenvalue weighted by molar-refractivity contribution is 5.42. The molecule has 2 aromatic carbocycles. The standard InChI is InChI=1S/C19H21N3O3/c1-23-16-9-8-15(10-17(16)24-2)12-20-13-19-22-21-18(25-19)11-14-6-4-3-5-7-14/h3-10,20H,11-13H2,1-2H3. The Balaban J connectivity index is 1.52. The number of hydrogen-bond donors (Lipinski definition) is 1. The SMILES string of the molecule is COc1ccc(CNCc2nnc(Cc3ccccc3)o2)cc1OC. The van der Waals surface area contributed by atoms with Gasteiger partial charge in [0.05, 0.1) is 27.2 Å². The smallest absolute Gasteiger partial charge is 0.230 e. The molecule has 1 aromatic heterocycles. The summed E-state index contributed by atoms with van der Waals surface area (Å²) in [6.07, 6.45) is 0.642. The fourth-order valence-electron chi connectivity index (χ4n) is 2.51. The first kappa shape index (κ1) is 17.0. The Morgan fingerprint density at radius 3 is 2.36 bits per heavy atom. The fourth-order valence-corrected chi connectivity index (χ4v) is 2.51. The van der Waals surface area contributed by atoms with Crippen molar-refractivity contribution in [1.29, 1.82) is 0 Å². The average molecular weight is 339 g/mol. The predicted octanol–water partition coefficient (Wildman–Crippen LogP) is 2.97. The number of nitrogens with one attached hydrogen (secondary N) is 1.